The van der Waals surface area contributed by atoms with Gasteiger partial charge in [0.1, 0.15) is 16.3 Å². The molecule has 0 saturated heterocycles. The number of rotatable bonds is 5. The van der Waals surface area contributed by atoms with Gasteiger partial charge in [0.05, 0.1) is 7.11 Å². The summed E-state index contributed by atoms with van der Waals surface area (Å²) in [5, 5.41) is 6.81. The second-order valence-corrected chi connectivity index (χ2v) is 5.83. The van der Waals surface area contributed by atoms with Gasteiger partial charge in [0, 0.05) is 16.8 Å². The fourth-order valence-electron chi connectivity index (χ4n) is 2.18. The Morgan fingerprint density at radius 2 is 1.76 bits per heavy atom. The third-order valence-corrected chi connectivity index (χ3v) is 4.21. The number of benzene rings is 2. The van der Waals surface area contributed by atoms with Crippen molar-refractivity contribution in [3.8, 4) is 17.0 Å². The van der Waals surface area contributed by atoms with Gasteiger partial charge in [-0.25, -0.2) is 0 Å². The molecule has 0 aliphatic carbocycles. The molecule has 2 aromatic carbocycles. The number of hydrogen-bond donors (Lipinski definition) is 2. The Morgan fingerprint density at radius 1 is 1.08 bits per heavy atom. The predicted molar refractivity (Wildman–Crippen MR) is 94.8 cm³/mol. The van der Waals surface area contributed by atoms with E-state index in [4.69, 9.17) is 10.5 Å². The minimum Gasteiger partial charge on any atom is -0.497 e. The molecule has 0 fully saturated rings. The third kappa shape index (κ3) is 3.64. The first-order valence-electron chi connectivity index (χ1n) is 7.26. The minimum absolute atomic E-state index is 0.326. The van der Waals surface area contributed by atoms with E-state index in [0.29, 0.717) is 27.6 Å². The number of ether oxygens (including phenoxy) is 1. The van der Waals surface area contributed by atoms with Crippen LogP contribution in [0.25, 0.3) is 11.3 Å². The molecule has 3 aromatic rings. The molecule has 0 spiro atoms. The van der Waals surface area contributed by atoms with Crippen molar-refractivity contribution in [1.29, 1.82) is 0 Å². The van der Waals surface area contributed by atoms with Gasteiger partial charge in [0.2, 0.25) is 5.91 Å². The zero-order valence-corrected chi connectivity index (χ0v) is 14.0. The molecular weight excluding hydrogens is 340 g/mol. The van der Waals surface area contributed by atoms with Gasteiger partial charge in [-0.1, -0.05) is 4.49 Å². The largest absolute Gasteiger partial charge is 0.497 e. The normalized spacial score (nSPS) is 10.3. The topological polar surface area (TPSA) is 107 Å². The van der Waals surface area contributed by atoms with Gasteiger partial charge in [0.25, 0.3) is 5.91 Å². The highest BCUT2D eigenvalue weighted by Crippen LogP contribution is 2.26. The van der Waals surface area contributed by atoms with Crippen LogP contribution in [0.4, 0.5) is 5.69 Å². The summed E-state index contributed by atoms with van der Waals surface area (Å²) in [6.45, 7) is 0. The number of nitrogens with two attached hydrogens (primary N) is 1. The number of carbonyl (C=O) groups excluding carboxylic acids is 2. The SMILES string of the molecule is COc1ccc(-c2nnsc2C(=O)Nc2ccc(C(N)=O)cc2)cc1. The molecule has 0 bridgehead atoms. The van der Waals surface area contributed by atoms with Gasteiger partial charge >= 0.3 is 0 Å². The number of nitrogens with zero attached hydrogens (tertiary/aromatic N) is 2. The lowest BCUT2D eigenvalue weighted by molar-refractivity contribution is 0.0998. The molecule has 1 heterocycles. The van der Waals surface area contributed by atoms with Gasteiger partial charge in [-0.15, -0.1) is 5.10 Å². The number of primary amides is 1. The molecule has 0 radical (unpaired) electrons. The molecule has 0 unspecified atom stereocenters. The first-order chi connectivity index (χ1) is 12.1. The maximum atomic E-state index is 12.5. The van der Waals surface area contributed by atoms with Crippen LogP contribution in [0.1, 0.15) is 20.0 Å². The summed E-state index contributed by atoms with van der Waals surface area (Å²) in [5.41, 5.74) is 7.38. The van der Waals surface area contributed by atoms with Crippen molar-refractivity contribution in [2.75, 3.05) is 12.4 Å². The predicted octanol–water partition coefficient (Wildman–Crippen LogP) is 2.56. The van der Waals surface area contributed by atoms with E-state index in [9.17, 15) is 9.59 Å². The van der Waals surface area contributed by atoms with Gasteiger partial charge in [-0.3, -0.25) is 9.59 Å². The number of anilines is 1. The van der Waals surface area contributed by atoms with Gasteiger partial charge in [0.15, 0.2) is 0 Å². The fraction of sp³-hybridized carbons (Fsp3) is 0.0588. The first kappa shape index (κ1) is 16.6. The third-order valence-electron chi connectivity index (χ3n) is 3.48. The van der Waals surface area contributed by atoms with Crippen LogP contribution in [0.15, 0.2) is 48.5 Å². The van der Waals surface area contributed by atoms with Crippen LogP contribution < -0.4 is 15.8 Å². The molecule has 0 saturated carbocycles. The van der Waals surface area contributed by atoms with Crippen molar-refractivity contribution in [3.05, 3.63) is 59.0 Å². The van der Waals surface area contributed by atoms with Crippen LogP contribution >= 0.6 is 11.5 Å². The summed E-state index contributed by atoms with van der Waals surface area (Å²) in [7, 11) is 1.59. The Bertz CT molecular complexity index is 904. The lowest BCUT2D eigenvalue weighted by Crippen LogP contribution is -2.13. The molecule has 7 nitrogen and oxygen atoms in total. The van der Waals surface area contributed by atoms with Crippen molar-refractivity contribution in [3.63, 3.8) is 0 Å². The van der Waals surface area contributed by atoms with Gasteiger partial charge in [-0.05, 0) is 60.1 Å². The monoisotopic (exact) mass is 354 g/mol. The van der Waals surface area contributed by atoms with E-state index in [2.05, 4.69) is 14.9 Å². The second-order valence-electron chi connectivity index (χ2n) is 5.07. The smallest absolute Gasteiger partial charge is 0.269 e. The molecule has 3 rings (SSSR count). The molecule has 1 aromatic heterocycles. The number of amides is 2. The maximum absolute atomic E-state index is 12.5. The summed E-state index contributed by atoms with van der Waals surface area (Å²) >= 11 is 1.01. The summed E-state index contributed by atoms with van der Waals surface area (Å²) in [6.07, 6.45) is 0. The van der Waals surface area contributed by atoms with E-state index in [1.165, 1.54) is 0 Å². The summed E-state index contributed by atoms with van der Waals surface area (Å²) in [5.74, 6) is -0.133. The first-order valence-corrected chi connectivity index (χ1v) is 8.04. The Balaban J connectivity index is 1.81. The lowest BCUT2D eigenvalue weighted by Gasteiger charge is -2.06. The van der Waals surface area contributed by atoms with Crippen LogP contribution in [0, 0.1) is 0 Å². The van der Waals surface area contributed by atoms with Crippen LogP contribution in [-0.2, 0) is 0 Å². The zero-order chi connectivity index (χ0) is 17.8. The van der Waals surface area contributed by atoms with Crippen LogP contribution in [0.3, 0.4) is 0 Å². The second kappa shape index (κ2) is 7.10. The molecule has 2 amide bonds. The van der Waals surface area contributed by atoms with E-state index < -0.39 is 5.91 Å². The highest BCUT2D eigenvalue weighted by Gasteiger charge is 2.18. The fourth-order valence-corrected chi connectivity index (χ4v) is 2.77. The van der Waals surface area contributed by atoms with E-state index in [1.807, 2.05) is 12.1 Å². The molecule has 0 aliphatic heterocycles. The van der Waals surface area contributed by atoms with Crippen molar-refractivity contribution in [2.24, 2.45) is 5.73 Å². The molecule has 126 valence electrons. The number of carbonyl (C=O) groups is 2. The van der Waals surface area contributed by atoms with Crippen molar-refractivity contribution in [1.82, 2.24) is 9.59 Å². The zero-order valence-electron chi connectivity index (χ0n) is 13.2. The molecular formula is C17H14N4O3S. The molecule has 0 atom stereocenters. The van der Waals surface area contributed by atoms with Gasteiger partial charge < -0.3 is 15.8 Å². The minimum atomic E-state index is -0.522. The Morgan fingerprint density at radius 3 is 2.36 bits per heavy atom. The Labute approximate surface area is 147 Å². The van der Waals surface area contributed by atoms with Crippen LogP contribution in [0.2, 0.25) is 0 Å². The number of nitrogens with one attached hydrogen (secondary N) is 1. The standard InChI is InChI=1S/C17H14N4O3S/c1-24-13-8-4-10(5-9-13)14-15(25-21-20-14)17(23)19-12-6-2-11(3-7-12)16(18)22/h2-9H,1H3,(H2,18,22)(H,19,23). The van der Waals surface area contributed by atoms with Crippen molar-refractivity contribution >= 4 is 29.0 Å². The Hall–Kier alpha value is -3.26. The average Bonchev–Trinajstić information content (AvgIpc) is 3.12. The number of aromatic nitrogens is 2. The lowest BCUT2D eigenvalue weighted by atomic mass is 10.1. The van der Waals surface area contributed by atoms with E-state index in [0.717, 1.165) is 17.1 Å². The van der Waals surface area contributed by atoms with Crippen molar-refractivity contribution < 1.29 is 14.3 Å². The summed E-state index contributed by atoms with van der Waals surface area (Å²) < 4.78 is 9.00. The number of methoxy groups -OCH3 is 1. The number of hydrogen-bond acceptors (Lipinski definition) is 6. The quantitative estimate of drug-likeness (QED) is 0.732. The van der Waals surface area contributed by atoms with Gasteiger partial charge in [-0.2, -0.15) is 0 Å². The molecule has 0 aliphatic rings. The molecule has 8 heteroatoms. The maximum Gasteiger partial charge on any atom is 0.269 e. The Kier molecular flexibility index (Phi) is 4.71. The highest BCUT2D eigenvalue weighted by atomic mass is 32.1. The summed E-state index contributed by atoms with van der Waals surface area (Å²) in [4.78, 5) is 24.0. The molecule has 25 heavy (non-hydrogen) atoms. The van der Waals surface area contributed by atoms with E-state index in [1.54, 1.807) is 43.5 Å². The van der Waals surface area contributed by atoms with Crippen LogP contribution in [0.5, 0.6) is 5.75 Å². The summed E-state index contributed by atoms with van der Waals surface area (Å²) in [6, 6.07) is 13.5. The molecule has 3 N–H and O–H groups in total. The van der Waals surface area contributed by atoms with E-state index in [-0.39, 0.29) is 5.91 Å². The van der Waals surface area contributed by atoms with Crippen LogP contribution in [-0.4, -0.2) is 28.5 Å². The average molecular weight is 354 g/mol. The van der Waals surface area contributed by atoms with E-state index >= 15 is 0 Å². The van der Waals surface area contributed by atoms with Crippen molar-refractivity contribution in [2.45, 2.75) is 0 Å². The highest BCUT2D eigenvalue weighted by molar-refractivity contribution is 7.08.